The number of aromatic nitrogens is 1. The molecular formula is C22H19F3N4O3. The molecule has 0 saturated carbocycles. The number of carbonyl (C=O) groups excluding carboxylic acids is 2. The van der Waals surface area contributed by atoms with Crippen LogP contribution in [-0.2, 0) is 11.2 Å². The van der Waals surface area contributed by atoms with E-state index in [0.717, 1.165) is 39.2 Å². The lowest BCUT2D eigenvalue weighted by atomic mass is 9.91. The fraction of sp³-hybridized carbons (Fsp3) is 0.227. The zero-order chi connectivity index (χ0) is 23.1. The minimum absolute atomic E-state index is 0.141. The topological polar surface area (TPSA) is 83.6 Å². The number of para-hydroxylation sites is 1. The highest BCUT2D eigenvalue weighted by Crippen LogP contribution is 2.32. The Kier molecular flexibility index (Phi) is 5.15. The molecule has 0 aliphatic carbocycles. The smallest absolute Gasteiger partial charge is 0.406 e. The van der Waals surface area contributed by atoms with Crippen LogP contribution in [0.5, 0.6) is 5.75 Å². The van der Waals surface area contributed by atoms with E-state index in [1.165, 1.54) is 12.1 Å². The maximum absolute atomic E-state index is 13.2. The summed E-state index contributed by atoms with van der Waals surface area (Å²) in [5.41, 5.74) is 1.29. The molecule has 1 aliphatic rings. The lowest BCUT2D eigenvalue weighted by Gasteiger charge is -2.23. The number of carbonyl (C=O) groups is 2. The van der Waals surface area contributed by atoms with Crippen molar-refractivity contribution >= 4 is 34.2 Å². The van der Waals surface area contributed by atoms with Crippen LogP contribution in [0.1, 0.15) is 12.5 Å². The van der Waals surface area contributed by atoms with Gasteiger partial charge < -0.3 is 15.4 Å². The van der Waals surface area contributed by atoms with Gasteiger partial charge in [-0.15, -0.1) is 13.2 Å². The predicted octanol–water partition coefficient (Wildman–Crippen LogP) is 4.23. The first-order valence-corrected chi connectivity index (χ1v) is 9.68. The molecule has 1 unspecified atom stereocenters. The summed E-state index contributed by atoms with van der Waals surface area (Å²) in [6, 6.07) is 11.3. The number of anilines is 2. The molecule has 1 atom stereocenters. The van der Waals surface area contributed by atoms with Crippen LogP contribution in [-0.4, -0.2) is 35.9 Å². The minimum Gasteiger partial charge on any atom is -0.406 e. The summed E-state index contributed by atoms with van der Waals surface area (Å²) in [4.78, 5) is 31.2. The second-order valence-electron chi connectivity index (χ2n) is 7.54. The fourth-order valence-electron chi connectivity index (χ4n) is 3.81. The van der Waals surface area contributed by atoms with Crippen LogP contribution in [0.2, 0.25) is 0 Å². The molecule has 166 valence electrons. The number of benzene rings is 2. The molecule has 1 aliphatic heterocycles. The van der Waals surface area contributed by atoms with Gasteiger partial charge in [-0.3, -0.25) is 9.78 Å². The van der Waals surface area contributed by atoms with Crippen LogP contribution in [0.15, 0.2) is 54.7 Å². The zero-order valence-corrected chi connectivity index (χ0v) is 17.2. The van der Waals surface area contributed by atoms with Crippen molar-refractivity contribution in [2.45, 2.75) is 25.2 Å². The quantitative estimate of drug-likeness (QED) is 0.576. The second kappa shape index (κ2) is 7.70. The van der Waals surface area contributed by atoms with Crippen molar-refractivity contribution in [3.05, 3.63) is 60.3 Å². The lowest BCUT2D eigenvalue weighted by molar-refractivity contribution is -0.274. The van der Waals surface area contributed by atoms with E-state index in [2.05, 4.69) is 20.4 Å². The van der Waals surface area contributed by atoms with Crippen LogP contribution >= 0.6 is 0 Å². The Hall–Kier alpha value is -3.82. The largest absolute Gasteiger partial charge is 0.573 e. The van der Waals surface area contributed by atoms with Gasteiger partial charge in [0.2, 0.25) is 0 Å². The third-order valence-electron chi connectivity index (χ3n) is 5.26. The van der Waals surface area contributed by atoms with E-state index in [4.69, 9.17) is 0 Å². The summed E-state index contributed by atoms with van der Waals surface area (Å²) in [6.45, 7) is 1.61. The Morgan fingerprint density at radius 3 is 2.50 bits per heavy atom. The fourth-order valence-corrected chi connectivity index (χ4v) is 3.81. The molecule has 3 amide bonds. The van der Waals surface area contributed by atoms with Crippen molar-refractivity contribution < 1.29 is 27.5 Å². The van der Waals surface area contributed by atoms with Gasteiger partial charge in [-0.1, -0.05) is 12.1 Å². The number of amides is 3. The van der Waals surface area contributed by atoms with Crippen LogP contribution in [0.3, 0.4) is 0 Å². The van der Waals surface area contributed by atoms with Crippen molar-refractivity contribution in [2.75, 3.05) is 17.3 Å². The van der Waals surface area contributed by atoms with Crippen molar-refractivity contribution in [3.63, 3.8) is 0 Å². The molecule has 2 N–H and O–H groups in total. The molecule has 3 aromatic rings. The monoisotopic (exact) mass is 444 g/mol. The number of fused-ring (bicyclic) bond motifs is 1. The Morgan fingerprint density at radius 2 is 1.84 bits per heavy atom. The third-order valence-corrected chi connectivity index (χ3v) is 5.26. The Labute approximate surface area is 181 Å². The van der Waals surface area contributed by atoms with Gasteiger partial charge in [0, 0.05) is 25.1 Å². The second-order valence-corrected chi connectivity index (χ2v) is 7.54. The average Bonchev–Trinajstić information content (AvgIpc) is 2.95. The highest BCUT2D eigenvalue weighted by molar-refractivity contribution is 6.23. The number of nitrogens with one attached hydrogen (secondary N) is 2. The molecule has 0 bridgehead atoms. The van der Waals surface area contributed by atoms with Gasteiger partial charge in [0.05, 0.1) is 16.9 Å². The van der Waals surface area contributed by atoms with E-state index in [0.29, 0.717) is 0 Å². The van der Waals surface area contributed by atoms with Gasteiger partial charge in [0.1, 0.15) is 11.3 Å². The highest BCUT2D eigenvalue weighted by Gasteiger charge is 2.48. The Balaban J connectivity index is 1.62. The van der Waals surface area contributed by atoms with Crippen molar-refractivity contribution in [1.29, 1.82) is 0 Å². The first kappa shape index (κ1) is 21.4. The van der Waals surface area contributed by atoms with Crippen LogP contribution in [0, 0.1) is 0 Å². The van der Waals surface area contributed by atoms with E-state index in [9.17, 15) is 22.8 Å². The summed E-state index contributed by atoms with van der Waals surface area (Å²) in [5.74, 6) is -0.957. The SMILES string of the molecule is CNc1cccc2c(CC3(C)NC(=O)N(c4ccc(OC(F)(F)F)cc4)C3=O)ccnc12. The number of alkyl halides is 3. The molecular weight excluding hydrogens is 425 g/mol. The van der Waals surface area contributed by atoms with Gasteiger partial charge in [-0.05, 0) is 48.9 Å². The Bertz CT molecular complexity index is 1200. The lowest BCUT2D eigenvalue weighted by Crippen LogP contribution is -2.46. The maximum atomic E-state index is 13.2. The van der Waals surface area contributed by atoms with Gasteiger partial charge in [-0.2, -0.15) is 0 Å². The number of hydrogen-bond acceptors (Lipinski definition) is 5. The molecule has 1 saturated heterocycles. The molecule has 1 aromatic heterocycles. The van der Waals surface area contributed by atoms with Crippen molar-refractivity contribution in [2.24, 2.45) is 0 Å². The van der Waals surface area contributed by atoms with Gasteiger partial charge >= 0.3 is 12.4 Å². The first-order valence-electron chi connectivity index (χ1n) is 9.68. The molecule has 1 fully saturated rings. The number of nitrogens with zero attached hydrogens (tertiary/aromatic N) is 2. The minimum atomic E-state index is -4.83. The normalized spacial score (nSPS) is 18.7. The number of imide groups is 1. The molecule has 0 radical (unpaired) electrons. The first-order chi connectivity index (χ1) is 15.1. The standard InChI is InChI=1S/C22H19F3N4O3/c1-21(12-13-10-11-27-18-16(13)4-3-5-17(18)26-2)19(30)29(20(31)28-21)14-6-8-15(9-7-14)32-22(23,24)25/h3-11,26H,12H2,1-2H3,(H,28,31). The summed E-state index contributed by atoms with van der Waals surface area (Å²) < 4.78 is 41.0. The highest BCUT2D eigenvalue weighted by atomic mass is 19.4. The number of halogens is 3. The van der Waals surface area contributed by atoms with Crippen LogP contribution < -0.4 is 20.3 Å². The summed E-state index contributed by atoms with van der Waals surface area (Å²) in [6.07, 6.45) is -2.99. The van der Waals surface area contributed by atoms with E-state index in [1.807, 2.05) is 18.2 Å². The predicted molar refractivity (Wildman–Crippen MR) is 113 cm³/mol. The third kappa shape index (κ3) is 3.91. The van der Waals surface area contributed by atoms with Gasteiger partial charge in [0.25, 0.3) is 5.91 Å². The number of hydrogen-bond donors (Lipinski definition) is 2. The van der Waals surface area contributed by atoms with E-state index < -0.39 is 29.6 Å². The number of pyridine rings is 1. The summed E-state index contributed by atoms with van der Waals surface area (Å²) in [5, 5.41) is 6.63. The van der Waals surface area contributed by atoms with Crippen LogP contribution in [0.25, 0.3) is 10.9 Å². The van der Waals surface area contributed by atoms with E-state index in [-0.39, 0.29) is 12.1 Å². The summed E-state index contributed by atoms with van der Waals surface area (Å²) >= 11 is 0. The zero-order valence-electron chi connectivity index (χ0n) is 17.2. The van der Waals surface area contributed by atoms with Gasteiger partial charge in [-0.25, -0.2) is 9.69 Å². The maximum Gasteiger partial charge on any atom is 0.573 e. The molecule has 2 heterocycles. The number of ether oxygens (including phenoxy) is 1. The molecule has 32 heavy (non-hydrogen) atoms. The van der Waals surface area contributed by atoms with E-state index >= 15 is 0 Å². The molecule has 10 heteroatoms. The van der Waals surface area contributed by atoms with Gasteiger partial charge in [0.15, 0.2) is 0 Å². The molecule has 0 spiro atoms. The van der Waals surface area contributed by atoms with E-state index in [1.54, 1.807) is 26.2 Å². The number of rotatable bonds is 5. The molecule has 7 nitrogen and oxygen atoms in total. The van der Waals surface area contributed by atoms with Crippen molar-refractivity contribution in [3.8, 4) is 5.75 Å². The Morgan fingerprint density at radius 1 is 1.12 bits per heavy atom. The van der Waals surface area contributed by atoms with Crippen LogP contribution in [0.4, 0.5) is 29.3 Å². The molecule has 2 aromatic carbocycles. The number of urea groups is 1. The average molecular weight is 444 g/mol. The van der Waals surface area contributed by atoms with Crippen molar-refractivity contribution in [1.82, 2.24) is 10.3 Å². The molecule has 4 rings (SSSR count). The summed E-state index contributed by atoms with van der Waals surface area (Å²) in [7, 11) is 1.79.